The molecule has 5 nitrogen and oxygen atoms in total. The van der Waals surface area contributed by atoms with Gasteiger partial charge in [0.1, 0.15) is 17.3 Å². The Morgan fingerprint density at radius 2 is 1.92 bits per heavy atom. The molecule has 1 aromatic carbocycles. The first kappa shape index (κ1) is 16.8. The molecule has 0 N–H and O–H groups in total. The summed E-state index contributed by atoms with van der Waals surface area (Å²) in [7, 11) is 0. The summed E-state index contributed by atoms with van der Waals surface area (Å²) < 4.78 is 51.8. The molecule has 1 aromatic heterocycles. The standard InChI is InChI=1S/C17H12F3NO4/c1-9-7-12(10(2)23-9)15-21-13(16(22)24-15)8-11-5-3-4-6-14(11)25-17(18,19)20/h3-8H,1-2H3/b13-8-. The zero-order valence-corrected chi connectivity index (χ0v) is 13.2. The van der Waals surface area contributed by atoms with Crippen LogP contribution in [0.3, 0.4) is 0 Å². The van der Waals surface area contributed by atoms with Crippen molar-refractivity contribution in [3.63, 3.8) is 0 Å². The van der Waals surface area contributed by atoms with E-state index in [4.69, 9.17) is 9.15 Å². The van der Waals surface area contributed by atoms with E-state index in [1.54, 1.807) is 19.9 Å². The lowest BCUT2D eigenvalue weighted by Crippen LogP contribution is -2.17. The lowest BCUT2D eigenvalue weighted by molar-refractivity contribution is -0.274. The first-order valence-electron chi connectivity index (χ1n) is 7.18. The fourth-order valence-electron chi connectivity index (χ4n) is 2.33. The van der Waals surface area contributed by atoms with Crippen molar-refractivity contribution in [3.8, 4) is 5.75 Å². The largest absolute Gasteiger partial charge is 0.573 e. The summed E-state index contributed by atoms with van der Waals surface area (Å²) in [5, 5.41) is 0. The molecule has 8 heteroatoms. The fraction of sp³-hybridized carbons (Fsp3) is 0.176. The first-order valence-corrected chi connectivity index (χ1v) is 7.18. The van der Waals surface area contributed by atoms with E-state index >= 15 is 0 Å². The summed E-state index contributed by atoms with van der Waals surface area (Å²) in [6, 6.07) is 7.09. The Morgan fingerprint density at radius 3 is 2.56 bits per heavy atom. The second-order valence-corrected chi connectivity index (χ2v) is 5.25. The van der Waals surface area contributed by atoms with E-state index in [9.17, 15) is 18.0 Å². The van der Waals surface area contributed by atoms with E-state index in [1.807, 2.05) is 0 Å². The second-order valence-electron chi connectivity index (χ2n) is 5.25. The van der Waals surface area contributed by atoms with Gasteiger partial charge in [-0.15, -0.1) is 13.2 Å². The van der Waals surface area contributed by atoms with E-state index in [1.165, 1.54) is 24.3 Å². The third-order valence-electron chi connectivity index (χ3n) is 3.33. The van der Waals surface area contributed by atoms with Crippen molar-refractivity contribution in [2.45, 2.75) is 20.2 Å². The van der Waals surface area contributed by atoms with Crippen LogP contribution in [0, 0.1) is 13.8 Å². The Bertz CT molecular complexity index is 894. The molecule has 1 aliphatic rings. The summed E-state index contributed by atoms with van der Waals surface area (Å²) in [6.07, 6.45) is -3.66. The first-order chi connectivity index (χ1) is 11.7. The highest BCUT2D eigenvalue weighted by Crippen LogP contribution is 2.29. The molecule has 130 valence electrons. The lowest BCUT2D eigenvalue weighted by atomic mass is 10.1. The Hall–Kier alpha value is -3.03. The van der Waals surface area contributed by atoms with Crippen LogP contribution < -0.4 is 4.74 Å². The molecule has 2 heterocycles. The SMILES string of the molecule is Cc1cc(C2=N/C(=C\c3ccccc3OC(F)(F)F)C(=O)O2)c(C)o1. The number of hydrogen-bond donors (Lipinski definition) is 0. The molecule has 0 saturated heterocycles. The number of carbonyl (C=O) groups is 1. The van der Waals surface area contributed by atoms with Crippen LogP contribution in [0.2, 0.25) is 0 Å². The molecule has 0 fully saturated rings. The fourth-order valence-corrected chi connectivity index (χ4v) is 2.33. The monoisotopic (exact) mass is 351 g/mol. The number of hydrogen-bond acceptors (Lipinski definition) is 5. The van der Waals surface area contributed by atoms with Gasteiger partial charge in [0.2, 0.25) is 5.90 Å². The number of ether oxygens (including phenoxy) is 2. The number of halogens is 3. The van der Waals surface area contributed by atoms with Gasteiger partial charge in [-0.25, -0.2) is 9.79 Å². The maximum absolute atomic E-state index is 12.5. The molecule has 3 rings (SSSR count). The minimum Gasteiger partial charge on any atom is -0.466 e. The van der Waals surface area contributed by atoms with Crippen molar-refractivity contribution < 1.29 is 31.9 Å². The number of nitrogens with zero attached hydrogens (tertiary/aromatic N) is 1. The number of alkyl halides is 3. The van der Waals surface area contributed by atoms with Gasteiger partial charge in [0.25, 0.3) is 0 Å². The molecule has 0 aliphatic carbocycles. The van der Waals surface area contributed by atoms with E-state index in [-0.39, 0.29) is 17.2 Å². The average molecular weight is 351 g/mol. The third kappa shape index (κ3) is 3.73. The Labute approximate surface area is 140 Å². The van der Waals surface area contributed by atoms with Gasteiger partial charge in [0.05, 0.1) is 5.56 Å². The van der Waals surface area contributed by atoms with E-state index < -0.39 is 18.1 Å². The van der Waals surface area contributed by atoms with Crippen molar-refractivity contribution >= 4 is 17.9 Å². The van der Waals surface area contributed by atoms with Crippen LogP contribution in [-0.2, 0) is 9.53 Å². The van der Waals surface area contributed by atoms with Gasteiger partial charge in [-0.1, -0.05) is 18.2 Å². The van der Waals surface area contributed by atoms with E-state index in [0.29, 0.717) is 17.1 Å². The average Bonchev–Trinajstić information content (AvgIpc) is 3.02. The predicted molar refractivity (Wildman–Crippen MR) is 81.9 cm³/mol. The topological polar surface area (TPSA) is 61.0 Å². The Morgan fingerprint density at radius 1 is 1.20 bits per heavy atom. The molecule has 0 unspecified atom stereocenters. The summed E-state index contributed by atoms with van der Waals surface area (Å²) in [6.45, 7) is 3.42. The van der Waals surface area contributed by atoms with Crippen LogP contribution in [0.4, 0.5) is 13.2 Å². The lowest BCUT2D eigenvalue weighted by Gasteiger charge is -2.10. The Balaban J connectivity index is 1.97. The minimum absolute atomic E-state index is 0.0415. The molecular formula is C17H12F3NO4. The molecule has 0 radical (unpaired) electrons. The molecule has 0 bridgehead atoms. The van der Waals surface area contributed by atoms with Crippen LogP contribution >= 0.6 is 0 Å². The van der Waals surface area contributed by atoms with Gasteiger partial charge >= 0.3 is 12.3 Å². The number of rotatable bonds is 3. The number of esters is 1. The highest BCUT2D eigenvalue weighted by molar-refractivity contribution is 6.13. The number of carbonyl (C=O) groups excluding carboxylic acids is 1. The van der Waals surface area contributed by atoms with E-state index in [2.05, 4.69) is 9.73 Å². The number of furan rings is 1. The van der Waals surface area contributed by atoms with Crippen molar-refractivity contribution in [1.29, 1.82) is 0 Å². The van der Waals surface area contributed by atoms with Gasteiger partial charge in [-0.2, -0.15) is 0 Å². The van der Waals surface area contributed by atoms with Gasteiger partial charge < -0.3 is 13.9 Å². The molecule has 0 amide bonds. The van der Waals surface area contributed by atoms with Crippen LogP contribution in [0.25, 0.3) is 6.08 Å². The highest BCUT2D eigenvalue weighted by atomic mass is 19.4. The van der Waals surface area contributed by atoms with Crippen LogP contribution in [0.5, 0.6) is 5.75 Å². The quantitative estimate of drug-likeness (QED) is 0.616. The molecule has 2 aromatic rings. The number of aryl methyl sites for hydroxylation is 2. The number of benzene rings is 1. The van der Waals surface area contributed by atoms with Gasteiger partial charge in [-0.05, 0) is 32.1 Å². The van der Waals surface area contributed by atoms with Gasteiger partial charge in [0.15, 0.2) is 5.70 Å². The normalized spacial score (nSPS) is 16.1. The minimum atomic E-state index is -4.84. The number of para-hydroxylation sites is 1. The van der Waals surface area contributed by atoms with Crippen molar-refractivity contribution in [1.82, 2.24) is 0 Å². The Kier molecular flexibility index (Phi) is 4.12. The van der Waals surface area contributed by atoms with Crippen molar-refractivity contribution in [2.75, 3.05) is 0 Å². The summed E-state index contributed by atoms with van der Waals surface area (Å²) in [5.41, 5.74) is 0.428. The molecule has 0 atom stereocenters. The smallest absolute Gasteiger partial charge is 0.466 e. The van der Waals surface area contributed by atoms with Gasteiger partial charge in [-0.3, -0.25) is 0 Å². The molecule has 0 spiro atoms. The van der Waals surface area contributed by atoms with Gasteiger partial charge in [0, 0.05) is 5.56 Å². The summed E-state index contributed by atoms with van der Waals surface area (Å²) in [5.74, 6) is -0.0251. The maximum Gasteiger partial charge on any atom is 0.573 e. The third-order valence-corrected chi connectivity index (χ3v) is 3.33. The molecule has 0 saturated carbocycles. The predicted octanol–water partition coefficient (Wildman–Crippen LogP) is 4.14. The maximum atomic E-state index is 12.5. The zero-order chi connectivity index (χ0) is 18.2. The summed E-state index contributed by atoms with van der Waals surface area (Å²) in [4.78, 5) is 16.0. The van der Waals surface area contributed by atoms with Crippen LogP contribution in [0.1, 0.15) is 22.6 Å². The number of cyclic esters (lactones) is 1. The molecule has 1 aliphatic heterocycles. The van der Waals surface area contributed by atoms with Crippen LogP contribution in [-0.4, -0.2) is 18.2 Å². The zero-order valence-electron chi connectivity index (χ0n) is 13.2. The number of aliphatic imine (C=N–C) groups is 1. The summed E-state index contributed by atoms with van der Waals surface area (Å²) >= 11 is 0. The molecule has 25 heavy (non-hydrogen) atoms. The van der Waals surface area contributed by atoms with E-state index in [0.717, 1.165) is 6.07 Å². The van der Waals surface area contributed by atoms with Crippen LogP contribution in [0.15, 0.2) is 45.4 Å². The van der Waals surface area contributed by atoms with Crippen molar-refractivity contribution in [2.24, 2.45) is 4.99 Å². The molecular weight excluding hydrogens is 339 g/mol. The van der Waals surface area contributed by atoms with Crippen molar-refractivity contribution in [3.05, 3.63) is 58.7 Å². The second kappa shape index (κ2) is 6.12. The highest BCUT2D eigenvalue weighted by Gasteiger charge is 2.32.